The highest BCUT2D eigenvalue weighted by Crippen LogP contribution is 2.37. The number of piperidine rings is 1. The number of nitrogens with two attached hydrogens (primary N) is 2. The highest BCUT2D eigenvalue weighted by Gasteiger charge is 2.34. The minimum absolute atomic E-state index is 0.00162. The standard InChI is InChI=1S/C30H37N5O7S/c1-30(2,3)29(37)42-18-41-26(36)15-20(17-31)24-14-19(7-11-33-24)27-25(16-23(32)22-6-5-10-34-28(22)27)43(38,39)35-12-8-21(40-4)9-13-35/h5-7,10-11,14,16-17,21,31,33H,8-9,12-13,15,18,32H2,1-4H3/p+1/b24-20-,31-17?. The van der Waals surface area contributed by atoms with Crippen molar-refractivity contribution in [1.82, 2.24) is 9.29 Å². The number of hydrogen-bond acceptors (Lipinski definition) is 10. The smallest absolute Gasteiger partial charge is 0.314 e. The quantitative estimate of drug-likeness (QED) is 0.166. The van der Waals surface area contributed by atoms with Crippen molar-refractivity contribution in [3.8, 4) is 0 Å². The Morgan fingerprint density at radius 3 is 2.60 bits per heavy atom. The summed E-state index contributed by atoms with van der Waals surface area (Å²) in [6.45, 7) is 5.13. The number of benzene rings is 1. The lowest BCUT2D eigenvalue weighted by Gasteiger charge is -2.31. The van der Waals surface area contributed by atoms with Crippen molar-refractivity contribution >= 4 is 50.3 Å². The SMILES string of the molecule is COC1CCN(S(=O)(=O)c2cc(N)c3cccnc3c2C2=C/C(=C(/C=N)CC(=O)OCOC(=O)C(C)(C)C)[NH2+]C=C2)CC1. The first-order chi connectivity index (χ1) is 20.4. The van der Waals surface area contributed by atoms with Gasteiger partial charge in [-0.05, 0) is 63.5 Å². The third-order valence-electron chi connectivity index (χ3n) is 7.29. The van der Waals surface area contributed by atoms with Crippen molar-refractivity contribution in [1.29, 1.82) is 5.41 Å². The van der Waals surface area contributed by atoms with Crippen LogP contribution in [-0.2, 0) is 33.8 Å². The van der Waals surface area contributed by atoms with Gasteiger partial charge in [-0.15, -0.1) is 0 Å². The Balaban J connectivity index is 1.71. The third kappa shape index (κ3) is 7.19. The normalized spacial score (nSPS) is 17.8. The molecule has 0 amide bonds. The number of rotatable bonds is 9. The summed E-state index contributed by atoms with van der Waals surface area (Å²) in [5.41, 5.74) is 8.06. The van der Waals surface area contributed by atoms with E-state index in [1.54, 1.807) is 69.9 Å². The fraction of sp³-hybridized carbons (Fsp3) is 0.400. The summed E-state index contributed by atoms with van der Waals surface area (Å²) < 4.78 is 45.1. The number of ether oxygens (including phenoxy) is 3. The molecule has 12 nitrogen and oxygen atoms in total. The van der Waals surface area contributed by atoms with Crippen molar-refractivity contribution in [3.63, 3.8) is 0 Å². The number of esters is 2. The summed E-state index contributed by atoms with van der Waals surface area (Å²) in [5, 5.41) is 10.3. The molecule has 3 heterocycles. The number of anilines is 1. The summed E-state index contributed by atoms with van der Waals surface area (Å²) >= 11 is 0. The molecule has 1 fully saturated rings. The number of carbonyl (C=O) groups excluding carboxylic acids is 2. The van der Waals surface area contributed by atoms with Gasteiger partial charge < -0.3 is 25.4 Å². The molecular weight excluding hydrogens is 574 g/mol. The first-order valence-electron chi connectivity index (χ1n) is 13.9. The van der Waals surface area contributed by atoms with Gasteiger partial charge in [0.2, 0.25) is 16.8 Å². The molecule has 0 aliphatic carbocycles. The summed E-state index contributed by atoms with van der Waals surface area (Å²) in [6.07, 6.45) is 8.69. The van der Waals surface area contributed by atoms with Gasteiger partial charge in [0, 0.05) is 60.9 Å². The summed E-state index contributed by atoms with van der Waals surface area (Å²) in [7, 11) is -2.36. The molecule has 230 valence electrons. The van der Waals surface area contributed by atoms with E-state index >= 15 is 0 Å². The van der Waals surface area contributed by atoms with E-state index in [2.05, 4.69) is 4.98 Å². The molecule has 1 saturated heterocycles. The number of allylic oxidation sites excluding steroid dienone is 3. The van der Waals surface area contributed by atoms with E-state index in [1.165, 1.54) is 10.4 Å². The van der Waals surface area contributed by atoms with E-state index in [-0.39, 0.29) is 23.1 Å². The minimum Gasteiger partial charge on any atom is -0.428 e. The number of sulfonamides is 1. The Morgan fingerprint density at radius 2 is 1.95 bits per heavy atom. The fourth-order valence-electron chi connectivity index (χ4n) is 4.86. The molecular formula is C30H38N5O7S+. The van der Waals surface area contributed by atoms with Crippen LogP contribution in [0.1, 0.15) is 45.6 Å². The van der Waals surface area contributed by atoms with Crippen LogP contribution in [0, 0.1) is 10.8 Å². The number of aromatic nitrogens is 1. The van der Waals surface area contributed by atoms with Crippen LogP contribution < -0.4 is 11.1 Å². The lowest BCUT2D eigenvalue weighted by molar-refractivity contribution is -0.531. The number of quaternary nitrogens is 1. The number of nitrogens with zero attached hydrogens (tertiary/aromatic N) is 2. The molecule has 2 aliphatic heterocycles. The van der Waals surface area contributed by atoms with Gasteiger partial charge in [-0.1, -0.05) is 0 Å². The molecule has 2 aromatic rings. The van der Waals surface area contributed by atoms with Gasteiger partial charge in [-0.25, -0.2) is 8.42 Å². The van der Waals surface area contributed by atoms with Crippen molar-refractivity contribution in [2.24, 2.45) is 5.41 Å². The summed E-state index contributed by atoms with van der Waals surface area (Å²) in [5.74, 6) is -1.20. The number of carbonyl (C=O) groups is 2. The summed E-state index contributed by atoms with van der Waals surface area (Å²) in [6, 6.07) is 4.98. The molecule has 43 heavy (non-hydrogen) atoms. The van der Waals surface area contributed by atoms with Gasteiger partial charge in [0.15, 0.2) is 0 Å². The first-order valence-corrected chi connectivity index (χ1v) is 15.3. The van der Waals surface area contributed by atoms with Crippen LogP contribution in [0.5, 0.6) is 0 Å². The Hall–Kier alpha value is -3.91. The van der Waals surface area contributed by atoms with Gasteiger partial charge in [-0.3, -0.25) is 19.9 Å². The fourth-order valence-corrected chi connectivity index (χ4v) is 6.58. The number of nitrogens with one attached hydrogen (secondary N) is 1. The third-order valence-corrected chi connectivity index (χ3v) is 9.22. The van der Waals surface area contributed by atoms with Crippen molar-refractivity contribution < 1.29 is 37.5 Å². The monoisotopic (exact) mass is 612 g/mol. The average Bonchev–Trinajstić information content (AvgIpc) is 2.99. The van der Waals surface area contributed by atoms with Crippen LogP contribution >= 0.6 is 0 Å². The maximum absolute atomic E-state index is 14.1. The number of nitrogen functional groups attached to an aromatic ring is 1. The molecule has 13 heteroatoms. The van der Waals surface area contributed by atoms with E-state index < -0.39 is 34.2 Å². The van der Waals surface area contributed by atoms with E-state index in [0.717, 1.165) is 6.21 Å². The molecule has 1 aromatic heterocycles. The van der Waals surface area contributed by atoms with Crippen LogP contribution in [0.4, 0.5) is 5.69 Å². The van der Waals surface area contributed by atoms with E-state index in [0.29, 0.717) is 59.2 Å². The first kappa shape index (κ1) is 32.0. The molecule has 5 N–H and O–H groups in total. The number of fused-ring (bicyclic) bond motifs is 1. The Bertz CT molecular complexity index is 1620. The number of pyridine rings is 1. The Morgan fingerprint density at radius 1 is 1.23 bits per heavy atom. The molecule has 0 bridgehead atoms. The lowest BCUT2D eigenvalue weighted by atomic mass is 9.97. The molecule has 4 rings (SSSR count). The summed E-state index contributed by atoms with van der Waals surface area (Å²) in [4.78, 5) is 29.0. The van der Waals surface area contributed by atoms with Gasteiger partial charge >= 0.3 is 11.9 Å². The molecule has 0 saturated carbocycles. The minimum atomic E-state index is -3.98. The molecule has 0 spiro atoms. The predicted molar refractivity (Wildman–Crippen MR) is 161 cm³/mol. The molecule has 0 atom stereocenters. The second-order valence-electron chi connectivity index (χ2n) is 11.3. The van der Waals surface area contributed by atoms with E-state index in [9.17, 15) is 18.0 Å². The van der Waals surface area contributed by atoms with E-state index in [4.69, 9.17) is 25.4 Å². The topological polar surface area (TPSA) is 179 Å². The average molecular weight is 613 g/mol. The van der Waals surface area contributed by atoms with Crippen LogP contribution in [0.3, 0.4) is 0 Å². The molecule has 0 unspecified atom stereocenters. The number of methoxy groups -OCH3 is 1. The molecule has 2 aliphatic rings. The zero-order valence-electron chi connectivity index (χ0n) is 24.8. The highest BCUT2D eigenvalue weighted by molar-refractivity contribution is 7.89. The zero-order valence-corrected chi connectivity index (χ0v) is 25.6. The lowest BCUT2D eigenvalue weighted by Crippen LogP contribution is -2.76. The van der Waals surface area contributed by atoms with Crippen LogP contribution in [0.15, 0.2) is 58.9 Å². The predicted octanol–water partition coefficient (Wildman–Crippen LogP) is 2.47. The van der Waals surface area contributed by atoms with Crippen molar-refractivity contribution in [3.05, 3.63) is 59.6 Å². The second-order valence-corrected chi connectivity index (χ2v) is 13.2. The molecule has 1 aromatic carbocycles. The maximum Gasteiger partial charge on any atom is 0.314 e. The van der Waals surface area contributed by atoms with Crippen LogP contribution in [0.2, 0.25) is 0 Å². The zero-order chi connectivity index (χ0) is 31.4. The Labute approximate surface area is 251 Å². The molecule has 0 radical (unpaired) electrons. The van der Waals surface area contributed by atoms with Crippen LogP contribution in [-0.4, -0.2) is 69.0 Å². The van der Waals surface area contributed by atoms with Gasteiger partial charge in [0.05, 0.1) is 34.6 Å². The Kier molecular flexibility index (Phi) is 9.80. The van der Waals surface area contributed by atoms with Gasteiger partial charge in [-0.2, -0.15) is 4.31 Å². The van der Waals surface area contributed by atoms with Crippen molar-refractivity contribution in [2.45, 2.75) is 51.0 Å². The van der Waals surface area contributed by atoms with Gasteiger partial charge in [0.1, 0.15) is 5.70 Å². The number of hydrogen-bond donors (Lipinski definition) is 3. The second kappa shape index (κ2) is 13.2. The van der Waals surface area contributed by atoms with E-state index in [1.807, 2.05) is 0 Å². The largest absolute Gasteiger partial charge is 0.428 e. The highest BCUT2D eigenvalue weighted by atomic mass is 32.2. The van der Waals surface area contributed by atoms with Crippen molar-refractivity contribution in [2.75, 3.05) is 32.7 Å². The maximum atomic E-state index is 14.1. The van der Waals surface area contributed by atoms with Crippen LogP contribution in [0.25, 0.3) is 16.5 Å². The van der Waals surface area contributed by atoms with Gasteiger partial charge in [0.25, 0.3) is 0 Å².